The Hall–Kier alpha value is -2.99. The third-order valence-electron chi connectivity index (χ3n) is 8.11. The Kier molecular flexibility index (Phi) is 9.83. The van der Waals surface area contributed by atoms with Crippen molar-refractivity contribution in [3.8, 4) is 0 Å². The van der Waals surface area contributed by atoms with Crippen LogP contribution in [-0.2, 0) is 14.2 Å². The van der Waals surface area contributed by atoms with Gasteiger partial charge in [-0.1, -0.05) is 18.2 Å². The van der Waals surface area contributed by atoms with E-state index in [0.29, 0.717) is 6.54 Å². The molecule has 0 saturated carbocycles. The van der Waals surface area contributed by atoms with Gasteiger partial charge in [-0.2, -0.15) is 0 Å². The molecular formula is C29H42N4O7. The van der Waals surface area contributed by atoms with Gasteiger partial charge in [0.05, 0.1) is 31.8 Å². The number of nitrogens with one attached hydrogen (secondary N) is 1. The molecule has 2 saturated heterocycles. The zero-order valence-corrected chi connectivity index (χ0v) is 24.0. The summed E-state index contributed by atoms with van der Waals surface area (Å²) in [7, 11) is 4.27. The van der Waals surface area contributed by atoms with Crippen molar-refractivity contribution in [2.45, 2.75) is 76.1 Å². The third kappa shape index (κ3) is 6.49. The lowest BCUT2D eigenvalue weighted by atomic mass is 9.96. The Bertz CT molecular complexity index is 1230. The number of ether oxygens (including phenoxy) is 3. The zero-order chi connectivity index (χ0) is 29.0. The number of nitrogens with zero attached hydrogens (tertiary/aromatic N) is 3. The molecule has 2 amide bonds. The Labute approximate surface area is 235 Å². The minimum atomic E-state index is -0.796. The summed E-state index contributed by atoms with van der Waals surface area (Å²) in [6.45, 7) is 4.49. The molecule has 1 aromatic carbocycles. The van der Waals surface area contributed by atoms with Gasteiger partial charge >= 0.3 is 6.09 Å². The molecule has 1 unspecified atom stereocenters. The monoisotopic (exact) mass is 558 g/mol. The van der Waals surface area contributed by atoms with Crippen molar-refractivity contribution in [3.05, 3.63) is 46.2 Å². The minimum absolute atomic E-state index is 0.0625. The maximum Gasteiger partial charge on any atom is 0.409 e. The minimum Gasteiger partial charge on any atom is -0.453 e. The SMILES string of the molecule is COC(=O)N(CC(O)CN1[C@@H]2CC[C@H]1C[C@H](NC(=O)c1cc3ccccc3n(C(C)C)c1=O)C2)CC(OC)OC. The van der Waals surface area contributed by atoms with Crippen molar-refractivity contribution >= 4 is 22.9 Å². The van der Waals surface area contributed by atoms with E-state index in [2.05, 4.69) is 10.2 Å². The second kappa shape index (κ2) is 13.1. The number of aliphatic hydroxyl groups is 1. The second-order valence-electron chi connectivity index (χ2n) is 11.0. The first-order valence-corrected chi connectivity index (χ1v) is 13.9. The molecule has 2 aromatic rings. The molecule has 1 aromatic heterocycles. The highest BCUT2D eigenvalue weighted by molar-refractivity contribution is 5.97. The first-order chi connectivity index (χ1) is 19.2. The van der Waals surface area contributed by atoms with E-state index in [0.717, 1.165) is 36.6 Å². The van der Waals surface area contributed by atoms with Crippen LogP contribution in [-0.4, -0.2) is 103 Å². The smallest absolute Gasteiger partial charge is 0.409 e. The van der Waals surface area contributed by atoms with Gasteiger partial charge in [0.2, 0.25) is 0 Å². The number of carbonyl (C=O) groups excluding carboxylic acids is 2. The number of piperidine rings is 1. The number of hydrogen-bond acceptors (Lipinski definition) is 8. The Morgan fingerprint density at radius 3 is 2.33 bits per heavy atom. The standard InChI is InChI=1S/C29H42N4O7/c1-18(2)33-25-9-7-6-8-19(25)12-24(28(33)36)27(35)30-20-13-21-10-11-22(14-20)32(21)16-23(34)15-31(29(37)40-5)17-26(38-3)39-4/h6-9,12,18,20-23,26,34H,10-11,13-17H2,1-5H3,(H,30,35)/t20-,21-,22+,23?. The van der Waals surface area contributed by atoms with Gasteiger partial charge in [-0.25, -0.2) is 4.79 Å². The highest BCUT2D eigenvalue weighted by Crippen LogP contribution is 2.36. The maximum absolute atomic E-state index is 13.3. The quantitative estimate of drug-likeness (QED) is 0.403. The molecule has 11 nitrogen and oxygen atoms in total. The lowest BCUT2D eigenvalue weighted by Gasteiger charge is -2.40. The van der Waals surface area contributed by atoms with E-state index in [1.54, 1.807) is 10.6 Å². The van der Waals surface area contributed by atoms with E-state index in [1.165, 1.54) is 26.2 Å². The first kappa shape index (κ1) is 30.0. The van der Waals surface area contributed by atoms with Crippen LogP contribution in [0, 0.1) is 0 Å². The molecule has 2 aliphatic heterocycles. The summed E-state index contributed by atoms with van der Waals surface area (Å²) < 4.78 is 17.0. The second-order valence-corrected chi connectivity index (χ2v) is 11.0. The number of pyridine rings is 1. The molecule has 220 valence electrons. The summed E-state index contributed by atoms with van der Waals surface area (Å²) in [5, 5.41) is 14.9. The van der Waals surface area contributed by atoms with Gasteiger partial charge in [0.15, 0.2) is 6.29 Å². The number of hydrogen-bond donors (Lipinski definition) is 2. The van der Waals surface area contributed by atoms with E-state index in [4.69, 9.17) is 14.2 Å². The molecule has 3 heterocycles. The van der Waals surface area contributed by atoms with E-state index >= 15 is 0 Å². The molecule has 2 fully saturated rings. The lowest BCUT2D eigenvalue weighted by molar-refractivity contribution is -0.116. The van der Waals surface area contributed by atoms with Crippen molar-refractivity contribution < 1.29 is 28.9 Å². The third-order valence-corrected chi connectivity index (χ3v) is 8.11. The molecule has 4 atom stereocenters. The molecule has 0 aliphatic carbocycles. The molecule has 40 heavy (non-hydrogen) atoms. The number of amides is 2. The van der Waals surface area contributed by atoms with Crippen LogP contribution in [0.25, 0.3) is 10.9 Å². The average molecular weight is 559 g/mol. The number of aliphatic hydroxyl groups excluding tert-OH is 1. The van der Waals surface area contributed by atoms with Gasteiger partial charge in [0.25, 0.3) is 11.5 Å². The zero-order valence-electron chi connectivity index (χ0n) is 24.0. The van der Waals surface area contributed by atoms with Crippen molar-refractivity contribution in [1.29, 1.82) is 0 Å². The van der Waals surface area contributed by atoms with Gasteiger partial charge in [0, 0.05) is 44.9 Å². The van der Waals surface area contributed by atoms with Crippen molar-refractivity contribution in [2.75, 3.05) is 41.0 Å². The normalized spacial score (nSPS) is 21.6. The highest BCUT2D eigenvalue weighted by Gasteiger charge is 2.42. The van der Waals surface area contributed by atoms with E-state index in [1.807, 2.05) is 38.1 Å². The molecular weight excluding hydrogens is 516 g/mol. The summed E-state index contributed by atoms with van der Waals surface area (Å²) in [5.74, 6) is -0.345. The average Bonchev–Trinajstić information content (AvgIpc) is 3.15. The summed E-state index contributed by atoms with van der Waals surface area (Å²) >= 11 is 0. The van der Waals surface area contributed by atoms with E-state index in [-0.39, 0.29) is 54.3 Å². The van der Waals surface area contributed by atoms with E-state index < -0.39 is 18.5 Å². The highest BCUT2D eigenvalue weighted by atomic mass is 16.7. The molecule has 0 radical (unpaired) electrons. The van der Waals surface area contributed by atoms with Crippen LogP contribution in [0.4, 0.5) is 4.79 Å². The predicted octanol–water partition coefficient (Wildman–Crippen LogP) is 2.36. The summed E-state index contributed by atoms with van der Waals surface area (Å²) in [6.07, 6.45) is 1.41. The molecule has 0 spiro atoms. The van der Waals surface area contributed by atoms with Crippen LogP contribution in [0.15, 0.2) is 35.1 Å². The topological polar surface area (TPSA) is 123 Å². The van der Waals surface area contributed by atoms with Gasteiger partial charge in [0.1, 0.15) is 5.56 Å². The number of rotatable bonds is 11. The predicted molar refractivity (Wildman–Crippen MR) is 150 cm³/mol. The fourth-order valence-corrected chi connectivity index (χ4v) is 6.25. The Morgan fingerprint density at radius 1 is 1.07 bits per heavy atom. The molecule has 4 rings (SSSR count). The molecule has 11 heteroatoms. The number of methoxy groups -OCH3 is 3. The summed E-state index contributed by atoms with van der Waals surface area (Å²) in [4.78, 5) is 42.6. The number of carbonyl (C=O) groups is 2. The fourth-order valence-electron chi connectivity index (χ4n) is 6.25. The van der Waals surface area contributed by atoms with Gasteiger partial charge in [-0.05, 0) is 57.0 Å². The van der Waals surface area contributed by atoms with Gasteiger partial charge < -0.3 is 34.1 Å². The van der Waals surface area contributed by atoms with Gasteiger partial charge in [-0.15, -0.1) is 0 Å². The van der Waals surface area contributed by atoms with Crippen molar-refractivity contribution in [3.63, 3.8) is 0 Å². The van der Waals surface area contributed by atoms with Crippen LogP contribution >= 0.6 is 0 Å². The van der Waals surface area contributed by atoms with Crippen molar-refractivity contribution in [2.24, 2.45) is 0 Å². The van der Waals surface area contributed by atoms with Crippen LogP contribution in [0.5, 0.6) is 0 Å². The number of benzene rings is 1. The molecule has 2 bridgehead atoms. The molecule has 2 aliphatic rings. The van der Waals surface area contributed by atoms with E-state index in [9.17, 15) is 19.5 Å². The number of para-hydroxylation sites is 1. The lowest BCUT2D eigenvalue weighted by Crippen LogP contribution is -2.54. The Balaban J connectivity index is 1.40. The molecule has 2 N–H and O–H groups in total. The first-order valence-electron chi connectivity index (χ1n) is 13.9. The summed E-state index contributed by atoms with van der Waals surface area (Å²) in [6, 6.07) is 9.55. The van der Waals surface area contributed by atoms with Crippen LogP contribution in [0.1, 0.15) is 55.9 Å². The largest absolute Gasteiger partial charge is 0.453 e. The van der Waals surface area contributed by atoms with Crippen LogP contribution < -0.4 is 10.9 Å². The maximum atomic E-state index is 13.3. The number of aromatic nitrogens is 1. The van der Waals surface area contributed by atoms with Crippen LogP contribution in [0.3, 0.4) is 0 Å². The number of fused-ring (bicyclic) bond motifs is 3. The fraction of sp³-hybridized carbons (Fsp3) is 0.621. The van der Waals surface area contributed by atoms with Crippen molar-refractivity contribution in [1.82, 2.24) is 19.7 Å². The Morgan fingerprint density at radius 2 is 1.73 bits per heavy atom. The summed E-state index contributed by atoms with van der Waals surface area (Å²) in [5.41, 5.74) is 0.690. The van der Waals surface area contributed by atoms with Crippen LogP contribution in [0.2, 0.25) is 0 Å². The van der Waals surface area contributed by atoms with Gasteiger partial charge in [-0.3, -0.25) is 14.5 Å².